The molecule has 1 aliphatic heterocycles. The molecule has 2 aromatic heterocycles. The number of fused-ring (bicyclic) bond motifs is 1. The van der Waals surface area contributed by atoms with Crippen molar-refractivity contribution < 1.29 is 31.5 Å². The summed E-state index contributed by atoms with van der Waals surface area (Å²) in [6, 6.07) is 5.18. The van der Waals surface area contributed by atoms with Crippen LogP contribution in [0.5, 0.6) is 0 Å². The molecule has 35 heavy (non-hydrogen) atoms. The van der Waals surface area contributed by atoms with Gasteiger partial charge >= 0.3 is 5.92 Å². The average molecular weight is 494 g/mol. The fourth-order valence-corrected chi connectivity index (χ4v) is 4.57. The number of imidazole rings is 1. The second-order valence-electron chi connectivity index (χ2n) is 9.33. The molecule has 1 aliphatic carbocycles. The minimum absolute atomic E-state index is 0.0340. The van der Waals surface area contributed by atoms with Crippen LogP contribution in [0.25, 0.3) is 22.3 Å². The number of carbonyl (C=O) groups is 1. The van der Waals surface area contributed by atoms with Gasteiger partial charge in [0.25, 0.3) is 12.3 Å². The van der Waals surface area contributed by atoms with E-state index in [0.717, 1.165) is 23.5 Å². The van der Waals surface area contributed by atoms with Crippen molar-refractivity contribution in [1.82, 2.24) is 19.4 Å². The molecule has 1 saturated carbocycles. The smallest absolute Gasteiger partial charge is 0.302 e. The normalized spacial score (nSPS) is 17.9. The number of nitrogens with zero attached hydrogens (tertiary/aromatic N) is 4. The number of amides is 1. The quantitative estimate of drug-likeness (QED) is 0.475. The van der Waals surface area contributed by atoms with Gasteiger partial charge in [0.15, 0.2) is 5.82 Å². The van der Waals surface area contributed by atoms with Crippen LogP contribution in [0.3, 0.4) is 0 Å². The largest absolute Gasteiger partial charge is 0.379 e. The lowest BCUT2D eigenvalue weighted by atomic mass is 10.0. The van der Waals surface area contributed by atoms with E-state index in [0.29, 0.717) is 33.2 Å². The fourth-order valence-electron chi connectivity index (χ4n) is 4.57. The predicted molar refractivity (Wildman–Crippen MR) is 117 cm³/mol. The fraction of sp³-hybridized carbons (Fsp3) is 0.458. The molecule has 1 spiro atoms. The summed E-state index contributed by atoms with van der Waals surface area (Å²) in [4.78, 5) is 22.7. The van der Waals surface area contributed by atoms with Crippen LogP contribution in [0.4, 0.5) is 22.0 Å². The van der Waals surface area contributed by atoms with Gasteiger partial charge in [-0.15, -0.1) is 0 Å². The molecule has 1 amide bonds. The Hall–Kier alpha value is -3.08. The zero-order valence-corrected chi connectivity index (χ0v) is 18.9. The first-order valence-corrected chi connectivity index (χ1v) is 11.3. The van der Waals surface area contributed by atoms with E-state index >= 15 is 4.39 Å². The number of aromatic nitrogens is 3. The van der Waals surface area contributed by atoms with Crippen LogP contribution in [0.1, 0.15) is 35.9 Å². The molecule has 3 aromatic rings. The van der Waals surface area contributed by atoms with Crippen LogP contribution in [0.15, 0.2) is 30.5 Å². The van der Waals surface area contributed by atoms with Crippen molar-refractivity contribution in [2.45, 2.75) is 38.7 Å². The molecule has 5 rings (SSSR count). The molecule has 186 valence electrons. The number of carbonyl (C=O) groups excluding carboxylic acids is 1. The maximum absolute atomic E-state index is 15.1. The zero-order valence-electron chi connectivity index (χ0n) is 18.9. The van der Waals surface area contributed by atoms with E-state index in [1.807, 2.05) is 0 Å². The molecular formula is C24H23F5N4O2. The first kappa shape index (κ1) is 23.7. The third kappa shape index (κ3) is 4.49. The molecular weight excluding hydrogens is 471 g/mol. The summed E-state index contributed by atoms with van der Waals surface area (Å²) in [7, 11) is 0. The Kier molecular flexibility index (Phi) is 5.77. The van der Waals surface area contributed by atoms with Crippen LogP contribution in [-0.4, -0.2) is 58.1 Å². The van der Waals surface area contributed by atoms with Crippen molar-refractivity contribution in [3.05, 3.63) is 47.7 Å². The van der Waals surface area contributed by atoms with E-state index in [-0.39, 0.29) is 33.3 Å². The highest BCUT2D eigenvalue weighted by Gasteiger charge is 2.46. The Morgan fingerprint density at radius 2 is 2.03 bits per heavy atom. The summed E-state index contributed by atoms with van der Waals surface area (Å²) in [6.07, 6.45) is 0.310. The zero-order chi connectivity index (χ0) is 25.0. The Balaban J connectivity index is 1.51. The molecule has 1 aromatic carbocycles. The molecule has 0 radical (unpaired) electrons. The number of hydrogen-bond acceptors (Lipinski definition) is 4. The van der Waals surface area contributed by atoms with Crippen LogP contribution in [-0.2, 0) is 17.2 Å². The SMILES string of the molecule is CC(F)(F)c1nc2c(-c3ccc(C(=O)N4CCOCC5(CC5)C4)c(F)c3)nccc2n1CC(F)F. The van der Waals surface area contributed by atoms with E-state index in [9.17, 15) is 22.4 Å². The van der Waals surface area contributed by atoms with Gasteiger partial charge in [0.1, 0.15) is 11.3 Å². The molecule has 3 heterocycles. The van der Waals surface area contributed by atoms with Gasteiger partial charge in [-0.1, -0.05) is 6.07 Å². The summed E-state index contributed by atoms with van der Waals surface area (Å²) in [5, 5.41) is 0. The van der Waals surface area contributed by atoms with Crippen molar-refractivity contribution in [1.29, 1.82) is 0 Å². The van der Waals surface area contributed by atoms with Gasteiger partial charge in [-0.3, -0.25) is 9.78 Å². The summed E-state index contributed by atoms with van der Waals surface area (Å²) < 4.78 is 76.0. The number of alkyl halides is 4. The lowest BCUT2D eigenvalue weighted by molar-refractivity contribution is 0.00166. The maximum Gasteiger partial charge on any atom is 0.302 e. The van der Waals surface area contributed by atoms with E-state index in [1.54, 1.807) is 4.90 Å². The van der Waals surface area contributed by atoms with Crippen molar-refractivity contribution >= 4 is 16.9 Å². The third-order valence-electron chi connectivity index (χ3n) is 6.54. The first-order valence-electron chi connectivity index (χ1n) is 11.3. The lowest BCUT2D eigenvalue weighted by Gasteiger charge is -2.23. The maximum atomic E-state index is 15.1. The number of hydrogen-bond donors (Lipinski definition) is 0. The molecule has 2 aliphatic rings. The minimum atomic E-state index is -3.48. The highest BCUT2D eigenvalue weighted by molar-refractivity contribution is 5.96. The standard InChI is InChI=1S/C24H23F5N4O2/c1-23(28,29)22-31-20-17(33(22)11-18(26)27)4-7-30-19(20)14-2-3-15(16(25)10-14)21(34)32-8-9-35-13-24(12-32)5-6-24/h2-4,7,10,18H,5-6,8-9,11-13H2,1H3. The van der Waals surface area contributed by atoms with E-state index in [2.05, 4.69) is 9.97 Å². The van der Waals surface area contributed by atoms with Crippen LogP contribution in [0, 0.1) is 11.2 Å². The first-order chi connectivity index (χ1) is 16.6. The summed E-state index contributed by atoms with van der Waals surface area (Å²) >= 11 is 0. The Labute approximate surface area is 197 Å². The average Bonchev–Trinajstić information content (AvgIpc) is 3.51. The van der Waals surface area contributed by atoms with Crippen LogP contribution in [0.2, 0.25) is 0 Å². The second-order valence-corrected chi connectivity index (χ2v) is 9.33. The molecule has 0 unspecified atom stereocenters. The Bertz CT molecular complexity index is 1280. The second kappa shape index (κ2) is 8.54. The third-order valence-corrected chi connectivity index (χ3v) is 6.54. The van der Waals surface area contributed by atoms with Gasteiger partial charge in [0, 0.05) is 37.2 Å². The highest BCUT2D eigenvalue weighted by atomic mass is 19.3. The van der Waals surface area contributed by atoms with Crippen LogP contribution < -0.4 is 0 Å². The molecule has 2 fully saturated rings. The summed E-state index contributed by atoms with van der Waals surface area (Å²) in [6.45, 7) is 1.43. The topological polar surface area (TPSA) is 60.3 Å². The predicted octanol–water partition coefficient (Wildman–Crippen LogP) is 4.87. The molecule has 0 bridgehead atoms. The van der Waals surface area contributed by atoms with Crippen molar-refractivity contribution in [3.63, 3.8) is 0 Å². The van der Waals surface area contributed by atoms with E-state index < -0.39 is 36.4 Å². The van der Waals surface area contributed by atoms with Gasteiger partial charge in [0.2, 0.25) is 0 Å². The van der Waals surface area contributed by atoms with Gasteiger partial charge in [-0.2, -0.15) is 8.78 Å². The Morgan fingerprint density at radius 3 is 2.69 bits per heavy atom. The van der Waals surface area contributed by atoms with Gasteiger partial charge in [-0.05, 0) is 31.0 Å². The minimum Gasteiger partial charge on any atom is -0.379 e. The monoisotopic (exact) mass is 494 g/mol. The molecule has 0 N–H and O–H groups in total. The van der Waals surface area contributed by atoms with E-state index in [4.69, 9.17) is 4.74 Å². The number of rotatable bonds is 5. The van der Waals surface area contributed by atoms with Gasteiger partial charge in [0.05, 0.1) is 36.5 Å². The van der Waals surface area contributed by atoms with Gasteiger partial charge in [-0.25, -0.2) is 18.2 Å². The molecule has 11 heteroatoms. The number of benzene rings is 1. The van der Waals surface area contributed by atoms with Crippen molar-refractivity contribution in [2.75, 3.05) is 26.3 Å². The molecule has 6 nitrogen and oxygen atoms in total. The molecule has 1 saturated heterocycles. The van der Waals surface area contributed by atoms with Gasteiger partial charge < -0.3 is 14.2 Å². The summed E-state index contributed by atoms with van der Waals surface area (Å²) in [5.74, 6) is -5.56. The highest BCUT2D eigenvalue weighted by Crippen LogP contribution is 2.47. The van der Waals surface area contributed by atoms with Crippen LogP contribution >= 0.6 is 0 Å². The lowest BCUT2D eigenvalue weighted by Crippen LogP contribution is -2.37. The summed E-state index contributed by atoms with van der Waals surface area (Å²) in [5.41, 5.74) is 0.0603. The Morgan fingerprint density at radius 1 is 1.26 bits per heavy atom. The molecule has 0 atom stereocenters. The number of pyridine rings is 1. The van der Waals surface area contributed by atoms with E-state index in [1.165, 1.54) is 24.4 Å². The number of ether oxygens (including phenoxy) is 1. The van der Waals surface area contributed by atoms with Crippen molar-refractivity contribution in [2.24, 2.45) is 5.41 Å². The number of halogens is 5. The van der Waals surface area contributed by atoms with Crippen molar-refractivity contribution in [3.8, 4) is 11.3 Å².